The summed E-state index contributed by atoms with van der Waals surface area (Å²) in [6, 6.07) is 17.3. The van der Waals surface area contributed by atoms with Crippen molar-refractivity contribution in [3.63, 3.8) is 0 Å². The van der Waals surface area contributed by atoms with Crippen molar-refractivity contribution in [1.82, 2.24) is 45.7 Å². The molecule has 19 heteroatoms. The van der Waals surface area contributed by atoms with Crippen LogP contribution < -0.4 is 32.3 Å². The Morgan fingerprint density at radius 3 is 1.43 bits per heavy atom. The van der Waals surface area contributed by atoms with Gasteiger partial charge in [-0.1, -0.05) is 79.9 Å². The number of imidazole rings is 2. The first-order valence-corrected chi connectivity index (χ1v) is 26.5. The largest absolute Gasteiger partial charge is 0.480 e. The van der Waals surface area contributed by atoms with Gasteiger partial charge < -0.3 is 56.0 Å². The monoisotopic (exact) mass is 1040 g/mol. The number of carbonyl (C=O) groups is 6. The number of hydrogen-bond donors (Lipinski definition) is 7. The maximum Gasteiger partial charge on any atom is 0.321 e. The molecule has 4 atom stereocenters. The molecule has 4 unspecified atom stereocenters. The molecule has 0 bridgehead atoms. The highest BCUT2D eigenvalue weighted by Gasteiger charge is 2.25. The number of aliphatic carboxylic acids is 1. The minimum atomic E-state index is -0.854. The van der Waals surface area contributed by atoms with Gasteiger partial charge in [0.15, 0.2) is 5.78 Å². The predicted molar refractivity (Wildman–Crippen MR) is 291 cm³/mol. The molecule has 0 radical (unpaired) electrons. The second kappa shape index (κ2) is 40.2. The number of benzene rings is 2. The Kier molecular flexibility index (Phi) is 34.9. The molecular formula is C56H88N10O9. The highest BCUT2D eigenvalue weighted by atomic mass is 16.5. The molecule has 2 heterocycles. The van der Waals surface area contributed by atoms with Crippen LogP contribution in [0, 0.1) is 0 Å². The SMILES string of the molecule is CNC(Cc1cn(C)cn1)C(=O)O.CNCCCCC(N)C(=O)CCCCCC(=O)OCc1ccccc1.CNCCCCC(NC(=O)C(Cc1cn(C)cn1)NC)C(=O)CCCCCC(=O)OCc1ccccc1. The van der Waals surface area contributed by atoms with E-state index >= 15 is 0 Å². The van der Waals surface area contributed by atoms with Crippen LogP contribution in [-0.4, -0.2) is 125 Å². The van der Waals surface area contributed by atoms with Gasteiger partial charge in [0.05, 0.1) is 42.2 Å². The van der Waals surface area contributed by atoms with Gasteiger partial charge in [-0.15, -0.1) is 0 Å². The Hall–Kier alpha value is -6.12. The molecule has 8 N–H and O–H groups in total. The van der Waals surface area contributed by atoms with E-state index in [1.807, 2.05) is 106 Å². The quantitative estimate of drug-likeness (QED) is 0.0224. The number of carbonyl (C=O) groups excluding carboxylic acids is 5. The van der Waals surface area contributed by atoms with Crippen molar-refractivity contribution in [2.75, 3.05) is 41.3 Å². The zero-order valence-electron chi connectivity index (χ0n) is 45.5. The van der Waals surface area contributed by atoms with Gasteiger partial charge in [-0.25, -0.2) is 9.97 Å². The number of likely N-dealkylation sites (N-methyl/N-ethyl adjacent to an activating group) is 2. The normalized spacial score (nSPS) is 12.4. The summed E-state index contributed by atoms with van der Waals surface area (Å²) in [5, 5.41) is 23.7. The molecule has 75 heavy (non-hydrogen) atoms. The van der Waals surface area contributed by atoms with Crippen molar-refractivity contribution in [2.24, 2.45) is 19.8 Å². The third-order valence-electron chi connectivity index (χ3n) is 12.2. The number of aryl methyl sites for hydroxylation is 2. The second-order valence-corrected chi connectivity index (χ2v) is 18.7. The Labute approximate surface area is 445 Å². The molecule has 0 saturated carbocycles. The lowest BCUT2D eigenvalue weighted by atomic mass is 9.99. The maximum atomic E-state index is 13.0. The lowest BCUT2D eigenvalue weighted by molar-refractivity contribution is -0.146. The van der Waals surface area contributed by atoms with E-state index in [0.29, 0.717) is 64.4 Å². The number of Topliss-reactive ketones (excluding diaryl/α,β-unsaturated/α-hetero) is 2. The highest BCUT2D eigenvalue weighted by Crippen LogP contribution is 2.13. The van der Waals surface area contributed by atoms with Gasteiger partial charge in [0, 0.05) is 65.0 Å². The van der Waals surface area contributed by atoms with Crippen LogP contribution in [0.5, 0.6) is 0 Å². The average molecular weight is 1050 g/mol. The standard InChI is InChI=1S/C28H43N5O4.C20H32N2O3.C8H13N3O2/c1-29-17-11-10-14-24(32-28(36)25(30-2)18-23-19-33(3)21-31-23)26(34)15-8-5-9-16-27(35)37-20-22-12-6-4-7-13-22;1-22-15-9-8-12-18(21)19(23)13-6-3-7-14-20(24)25-16-17-10-4-2-5-11-17;1-9-7(8(12)13)3-6-4-11(2)5-10-6/h4,6-7,12-13,19,21,24-25,29-30H,5,8-11,14-18,20H2,1-3H3,(H,32,36);2,4-5,10-11,18,22H,3,6-9,12-16,21H2,1H3;4-5,7,9H,3H2,1-2H3,(H,12,13). The fourth-order valence-corrected chi connectivity index (χ4v) is 7.74. The molecule has 2 aromatic carbocycles. The molecule has 0 aliphatic carbocycles. The summed E-state index contributed by atoms with van der Waals surface area (Å²) in [6.07, 6.45) is 19.2. The minimum Gasteiger partial charge on any atom is -0.480 e. The summed E-state index contributed by atoms with van der Waals surface area (Å²) in [5.41, 5.74) is 9.46. The van der Waals surface area contributed by atoms with Crippen molar-refractivity contribution in [3.05, 3.63) is 108 Å². The Bertz CT molecular complexity index is 2190. The van der Waals surface area contributed by atoms with E-state index in [9.17, 15) is 28.8 Å². The summed E-state index contributed by atoms with van der Waals surface area (Å²) >= 11 is 0. The van der Waals surface area contributed by atoms with Crippen LogP contribution in [0.3, 0.4) is 0 Å². The number of nitrogens with one attached hydrogen (secondary N) is 5. The molecule has 0 aliphatic rings. The van der Waals surface area contributed by atoms with Gasteiger partial charge in [-0.2, -0.15) is 0 Å². The van der Waals surface area contributed by atoms with Crippen LogP contribution in [-0.2, 0) is 78.4 Å². The topological polar surface area (TPSA) is 263 Å². The highest BCUT2D eigenvalue weighted by molar-refractivity contribution is 5.91. The van der Waals surface area contributed by atoms with Crippen molar-refractivity contribution in [2.45, 2.75) is 153 Å². The van der Waals surface area contributed by atoms with Crippen LogP contribution in [0.2, 0.25) is 0 Å². The molecule has 2 aromatic heterocycles. The maximum absolute atomic E-state index is 13.0. The Balaban J connectivity index is 0.000000433. The van der Waals surface area contributed by atoms with Crippen LogP contribution in [0.1, 0.15) is 125 Å². The van der Waals surface area contributed by atoms with Crippen LogP contribution in [0.25, 0.3) is 0 Å². The molecule has 0 spiro atoms. The molecule has 19 nitrogen and oxygen atoms in total. The van der Waals surface area contributed by atoms with E-state index in [-0.39, 0.29) is 42.1 Å². The van der Waals surface area contributed by atoms with Crippen LogP contribution in [0.4, 0.5) is 0 Å². The molecule has 0 fully saturated rings. The van der Waals surface area contributed by atoms with E-state index < -0.39 is 24.1 Å². The fraction of sp³-hybridized carbons (Fsp3) is 0.571. The fourth-order valence-electron chi connectivity index (χ4n) is 7.74. The Morgan fingerprint density at radius 2 is 1.00 bits per heavy atom. The second-order valence-electron chi connectivity index (χ2n) is 18.7. The van der Waals surface area contributed by atoms with Gasteiger partial charge in [0.2, 0.25) is 5.91 Å². The van der Waals surface area contributed by atoms with E-state index in [1.165, 1.54) is 0 Å². The number of unbranched alkanes of at least 4 members (excludes halogenated alkanes) is 6. The molecule has 1 amide bonds. The number of amides is 1. The number of aromatic nitrogens is 4. The first-order valence-electron chi connectivity index (χ1n) is 26.5. The number of nitrogens with two attached hydrogens (primary N) is 1. The van der Waals surface area contributed by atoms with Gasteiger partial charge in [0.25, 0.3) is 0 Å². The number of carboxylic acid groups (broad SMARTS) is 1. The predicted octanol–water partition coefficient (Wildman–Crippen LogP) is 5.29. The average Bonchev–Trinajstić information content (AvgIpc) is 4.04. The van der Waals surface area contributed by atoms with Gasteiger partial charge in [0.1, 0.15) is 25.0 Å². The van der Waals surface area contributed by atoms with Crippen molar-refractivity contribution in [3.8, 4) is 0 Å². The van der Waals surface area contributed by atoms with Crippen molar-refractivity contribution < 1.29 is 43.3 Å². The Morgan fingerprint density at radius 1 is 0.560 bits per heavy atom. The number of esters is 2. The van der Waals surface area contributed by atoms with E-state index in [0.717, 1.165) is 93.4 Å². The third kappa shape index (κ3) is 30.8. The molecule has 4 aromatic rings. The number of carboxylic acids is 1. The molecule has 0 saturated heterocycles. The van der Waals surface area contributed by atoms with Gasteiger partial charge in [-0.3, -0.25) is 28.8 Å². The van der Waals surface area contributed by atoms with Crippen LogP contribution >= 0.6 is 0 Å². The first kappa shape index (κ1) is 65.0. The number of ether oxygens (including phenoxy) is 2. The third-order valence-corrected chi connectivity index (χ3v) is 12.2. The number of ketones is 2. The minimum absolute atomic E-state index is 0.0390. The molecule has 0 aliphatic heterocycles. The molecule has 4 rings (SSSR count). The van der Waals surface area contributed by atoms with Crippen LogP contribution in [0.15, 0.2) is 85.7 Å². The summed E-state index contributed by atoms with van der Waals surface area (Å²) in [5.74, 6) is -1.28. The number of hydrogen-bond acceptors (Lipinski definition) is 15. The van der Waals surface area contributed by atoms with E-state index in [4.69, 9.17) is 20.3 Å². The lowest BCUT2D eigenvalue weighted by Gasteiger charge is -2.22. The van der Waals surface area contributed by atoms with Gasteiger partial charge >= 0.3 is 17.9 Å². The summed E-state index contributed by atoms with van der Waals surface area (Å²) in [6.45, 7) is 2.43. The first-order chi connectivity index (χ1) is 36.2. The summed E-state index contributed by atoms with van der Waals surface area (Å²) < 4.78 is 14.2. The van der Waals surface area contributed by atoms with Crippen molar-refractivity contribution >= 4 is 35.4 Å². The zero-order valence-corrected chi connectivity index (χ0v) is 45.5. The lowest BCUT2D eigenvalue weighted by Crippen LogP contribution is -2.50. The van der Waals surface area contributed by atoms with Crippen molar-refractivity contribution in [1.29, 1.82) is 0 Å². The number of nitrogens with zero attached hydrogens (tertiary/aromatic N) is 4. The summed E-state index contributed by atoms with van der Waals surface area (Å²) in [4.78, 5) is 80.6. The smallest absolute Gasteiger partial charge is 0.321 e. The zero-order chi connectivity index (χ0) is 55.1. The van der Waals surface area contributed by atoms with Gasteiger partial charge in [-0.05, 0) is 110 Å². The number of rotatable bonds is 37. The molecular weight excluding hydrogens is 957 g/mol. The van der Waals surface area contributed by atoms with E-state index in [1.54, 1.807) is 31.3 Å². The summed E-state index contributed by atoms with van der Waals surface area (Å²) in [7, 11) is 10.9. The molecule has 416 valence electrons. The van der Waals surface area contributed by atoms with E-state index in [2.05, 4.69) is 36.6 Å².